The van der Waals surface area contributed by atoms with Gasteiger partial charge in [-0.05, 0) is 0 Å². The summed E-state index contributed by atoms with van der Waals surface area (Å²) in [7, 11) is -2.19. The van der Waals surface area contributed by atoms with E-state index in [2.05, 4.69) is 45.0 Å². The van der Waals surface area contributed by atoms with Gasteiger partial charge in [-0.3, -0.25) is 0 Å². The van der Waals surface area contributed by atoms with Crippen molar-refractivity contribution < 1.29 is 9.05 Å². The third-order valence-corrected chi connectivity index (χ3v) is 6.56. The van der Waals surface area contributed by atoms with Crippen molar-refractivity contribution in [3.63, 3.8) is 0 Å². The molecule has 0 atom stereocenters. The van der Waals surface area contributed by atoms with Crippen LogP contribution in [0.4, 0.5) is 0 Å². The van der Waals surface area contributed by atoms with Crippen molar-refractivity contribution in [2.45, 2.75) is 33.6 Å². The molecule has 0 radical (unpaired) electrons. The standard InChI is InChI=1S/C14H25O2P/c1-4-7-13-17(15-5-2,16-6-3)14-11-9-8-10-12-14/h8-12,17H,4-7,13H2,1-3H3. The van der Waals surface area contributed by atoms with E-state index in [4.69, 9.17) is 9.05 Å². The zero-order valence-electron chi connectivity index (χ0n) is 11.2. The first-order chi connectivity index (χ1) is 8.29. The second-order valence-corrected chi connectivity index (χ2v) is 7.25. The Morgan fingerprint density at radius 1 is 0.941 bits per heavy atom. The molecule has 17 heavy (non-hydrogen) atoms. The van der Waals surface area contributed by atoms with Gasteiger partial charge in [-0.25, -0.2) is 0 Å². The summed E-state index contributed by atoms with van der Waals surface area (Å²) in [6, 6.07) is 10.5. The minimum absolute atomic E-state index is 0.727. The molecule has 98 valence electrons. The van der Waals surface area contributed by atoms with E-state index in [9.17, 15) is 0 Å². The van der Waals surface area contributed by atoms with Crippen LogP contribution in [0.1, 0.15) is 33.6 Å². The molecule has 0 aliphatic rings. The molecule has 0 amide bonds. The van der Waals surface area contributed by atoms with E-state index in [1.54, 1.807) is 0 Å². The second kappa shape index (κ2) is 7.81. The van der Waals surface area contributed by atoms with E-state index >= 15 is 0 Å². The van der Waals surface area contributed by atoms with E-state index < -0.39 is 7.72 Å². The number of unbranched alkanes of at least 4 members (excludes halogenated alkanes) is 1. The number of hydrogen-bond donors (Lipinski definition) is 0. The Hall–Kier alpha value is -0.430. The summed E-state index contributed by atoms with van der Waals surface area (Å²) in [5, 5.41) is 1.26. The van der Waals surface area contributed by atoms with E-state index in [0.717, 1.165) is 19.4 Å². The fourth-order valence-electron chi connectivity index (χ4n) is 2.06. The average molecular weight is 256 g/mol. The van der Waals surface area contributed by atoms with Crippen molar-refractivity contribution in [1.82, 2.24) is 0 Å². The molecular formula is C14H25O2P. The molecule has 1 aromatic carbocycles. The number of benzene rings is 1. The molecule has 0 bridgehead atoms. The van der Waals surface area contributed by atoms with Gasteiger partial charge in [-0.2, -0.15) is 0 Å². The van der Waals surface area contributed by atoms with E-state index in [0.29, 0.717) is 0 Å². The van der Waals surface area contributed by atoms with E-state index in [-0.39, 0.29) is 0 Å². The average Bonchev–Trinajstić information content (AvgIpc) is 2.37. The molecule has 0 unspecified atom stereocenters. The van der Waals surface area contributed by atoms with Gasteiger partial charge < -0.3 is 0 Å². The van der Waals surface area contributed by atoms with Gasteiger partial charge in [-0.15, -0.1) is 0 Å². The van der Waals surface area contributed by atoms with Crippen LogP contribution in [-0.4, -0.2) is 19.4 Å². The van der Waals surface area contributed by atoms with Crippen LogP contribution in [0.15, 0.2) is 30.3 Å². The quantitative estimate of drug-likeness (QED) is 0.659. The molecule has 1 aromatic rings. The van der Waals surface area contributed by atoms with Gasteiger partial charge >= 0.3 is 105 Å². The van der Waals surface area contributed by atoms with Crippen molar-refractivity contribution in [3.05, 3.63) is 30.3 Å². The van der Waals surface area contributed by atoms with Gasteiger partial charge in [0, 0.05) is 0 Å². The van der Waals surface area contributed by atoms with Gasteiger partial charge in [0.1, 0.15) is 0 Å². The van der Waals surface area contributed by atoms with Crippen molar-refractivity contribution in [3.8, 4) is 0 Å². The summed E-state index contributed by atoms with van der Waals surface area (Å²) in [4.78, 5) is 0. The van der Waals surface area contributed by atoms with Crippen LogP contribution in [-0.2, 0) is 9.05 Å². The molecule has 0 fully saturated rings. The van der Waals surface area contributed by atoms with Crippen LogP contribution in [0.25, 0.3) is 0 Å². The molecule has 0 saturated heterocycles. The number of hydrogen-bond acceptors (Lipinski definition) is 2. The summed E-state index contributed by atoms with van der Waals surface area (Å²) < 4.78 is 12.1. The molecule has 0 aliphatic carbocycles. The normalized spacial score (nSPS) is 12.6. The molecule has 0 saturated carbocycles. The molecular weight excluding hydrogens is 231 g/mol. The van der Waals surface area contributed by atoms with Crippen LogP contribution in [0.3, 0.4) is 0 Å². The monoisotopic (exact) mass is 256 g/mol. The van der Waals surface area contributed by atoms with Crippen molar-refractivity contribution >= 4 is 13.0 Å². The van der Waals surface area contributed by atoms with Crippen molar-refractivity contribution in [2.24, 2.45) is 0 Å². The first kappa shape index (κ1) is 14.6. The summed E-state index contributed by atoms with van der Waals surface area (Å²) in [6.45, 7) is 7.77. The molecule has 0 aliphatic heterocycles. The summed E-state index contributed by atoms with van der Waals surface area (Å²) >= 11 is 0. The molecule has 0 aromatic heterocycles. The predicted molar refractivity (Wildman–Crippen MR) is 77.4 cm³/mol. The zero-order chi connectivity index (χ0) is 12.6. The molecule has 0 heterocycles. The van der Waals surface area contributed by atoms with Gasteiger partial charge in [-0.1, -0.05) is 0 Å². The van der Waals surface area contributed by atoms with Gasteiger partial charge in [0.05, 0.1) is 0 Å². The third kappa shape index (κ3) is 4.06. The Bertz CT molecular complexity index is 294. The number of rotatable bonds is 8. The molecule has 3 heteroatoms. The maximum atomic E-state index is 6.07. The first-order valence-corrected chi connectivity index (χ1v) is 8.64. The van der Waals surface area contributed by atoms with Crippen molar-refractivity contribution in [1.29, 1.82) is 0 Å². The SMILES string of the molecule is CCCC[PH](OCC)(OCC)c1ccccc1. The van der Waals surface area contributed by atoms with Crippen LogP contribution < -0.4 is 5.30 Å². The fourth-order valence-corrected chi connectivity index (χ4v) is 5.51. The van der Waals surface area contributed by atoms with Gasteiger partial charge in [0.15, 0.2) is 0 Å². The molecule has 2 nitrogen and oxygen atoms in total. The maximum absolute atomic E-state index is 6.07. The Kier molecular flexibility index (Phi) is 6.72. The van der Waals surface area contributed by atoms with Crippen LogP contribution in [0.2, 0.25) is 0 Å². The van der Waals surface area contributed by atoms with E-state index in [1.165, 1.54) is 18.1 Å². The topological polar surface area (TPSA) is 18.5 Å². The zero-order valence-corrected chi connectivity index (χ0v) is 12.2. The Morgan fingerprint density at radius 2 is 1.53 bits per heavy atom. The predicted octanol–water partition coefficient (Wildman–Crippen LogP) is 3.76. The third-order valence-electron chi connectivity index (χ3n) is 2.83. The Labute approximate surface area is 106 Å². The fraction of sp³-hybridized carbons (Fsp3) is 0.571. The molecule has 0 N–H and O–H groups in total. The minimum atomic E-state index is -2.19. The Balaban J connectivity index is 2.95. The van der Waals surface area contributed by atoms with Crippen LogP contribution in [0.5, 0.6) is 0 Å². The molecule has 1 rings (SSSR count). The first-order valence-electron chi connectivity index (χ1n) is 6.62. The van der Waals surface area contributed by atoms with E-state index in [1.807, 2.05) is 6.07 Å². The summed E-state index contributed by atoms with van der Waals surface area (Å²) in [5.41, 5.74) is 0. The second-order valence-electron chi connectivity index (χ2n) is 4.09. The Morgan fingerprint density at radius 3 is 2.00 bits per heavy atom. The van der Waals surface area contributed by atoms with Crippen molar-refractivity contribution in [2.75, 3.05) is 19.4 Å². The van der Waals surface area contributed by atoms with Crippen LogP contribution in [0, 0.1) is 0 Å². The molecule has 0 spiro atoms. The van der Waals surface area contributed by atoms with Gasteiger partial charge in [0.2, 0.25) is 0 Å². The summed E-state index contributed by atoms with van der Waals surface area (Å²) in [6.07, 6.45) is 3.40. The van der Waals surface area contributed by atoms with Crippen LogP contribution >= 0.6 is 7.72 Å². The van der Waals surface area contributed by atoms with Gasteiger partial charge in [0.25, 0.3) is 0 Å². The summed E-state index contributed by atoms with van der Waals surface area (Å²) in [5.74, 6) is 0.